The quantitative estimate of drug-likeness (QED) is 0.160. The molecule has 0 saturated heterocycles. The van der Waals surface area contributed by atoms with Crippen molar-refractivity contribution >= 4 is 40.8 Å². The number of ketones is 2. The number of hydrogen-bond donors (Lipinski definition) is 5. The second kappa shape index (κ2) is 15.8. The minimum atomic E-state index is -0.707. The summed E-state index contributed by atoms with van der Waals surface area (Å²) in [6.45, 7) is 16.2. The van der Waals surface area contributed by atoms with Gasteiger partial charge >= 0.3 is 6.03 Å². The fourth-order valence-corrected chi connectivity index (χ4v) is 3.41. The highest BCUT2D eigenvalue weighted by atomic mass is 32.1. The molecule has 0 spiro atoms. The van der Waals surface area contributed by atoms with Crippen molar-refractivity contribution in [2.45, 2.75) is 86.7 Å². The second-order valence-electron chi connectivity index (χ2n) is 11.3. The van der Waals surface area contributed by atoms with E-state index in [0.29, 0.717) is 50.7 Å². The molecule has 11 heteroatoms. The number of carbonyl (C=O) groups is 4. The van der Waals surface area contributed by atoms with Gasteiger partial charge in [0.2, 0.25) is 5.91 Å². The largest absolute Gasteiger partial charge is 0.379 e. The van der Waals surface area contributed by atoms with E-state index in [1.54, 1.807) is 20.8 Å². The monoisotopic (exact) mass is 529 g/mol. The average Bonchev–Trinajstić information content (AvgIpc) is 2.73. The van der Waals surface area contributed by atoms with Crippen molar-refractivity contribution in [1.29, 1.82) is 0 Å². The summed E-state index contributed by atoms with van der Waals surface area (Å²) in [6, 6.07) is -2.00. The fraction of sp³-hybridized carbons (Fsp3) is 0.800. The van der Waals surface area contributed by atoms with E-state index in [-0.39, 0.29) is 28.8 Å². The number of hydrogen-bond acceptors (Lipinski definition) is 6. The minimum absolute atomic E-state index is 0.0970. The van der Waals surface area contributed by atoms with Crippen LogP contribution in [-0.2, 0) is 19.1 Å². The maximum atomic E-state index is 13.1. The summed E-state index contributed by atoms with van der Waals surface area (Å²) in [5.41, 5.74) is 4.06. The Hall–Kier alpha value is -2.27. The van der Waals surface area contributed by atoms with Gasteiger partial charge in [-0.05, 0) is 31.0 Å². The molecule has 0 unspecified atom stereocenters. The first kappa shape index (κ1) is 33.7. The van der Waals surface area contributed by atoms with Crippen LogP contribution in [0.1, 0.15) is 74.7 Å². The van der Waals surface area contributed by atoms with Crippen LogP contribution in [0.5, 0.6) is 0 Å². The molecule has 0 aliphatic heterocycles. The predicted molar refractivity (Wildman–Crippen MR) is 145 cm³/mol. The van der Waals surface area contributed by atoms with E-state index in [1.165, 1.54) is 0 Å². The number of urea groups is 1. The van der Waals surface area contributed by atoms with Crippen LogP contribution in [0.4, 0.5) is 4.79 Å². The highest BCUT2D eigenvalue weighted by Crippen LogP contribution is 2.19. The Morgan fingerprint density at radius 1 is 0.889 bits per heavy atom. The van der Waals surface area contributed by atoms with E-state index in [1.807, 2.05) is 34.6 Å². The summed E-state index contributed by atoms with van der Waals surface area (Å²) in [7, 11) is 0. The predicted octanol–water partition coefficient (Wildman–Crippen LogP) is 2.05. The third-order valence-electron chi connectivity index (χ3n) is 5.42. The van der Waals surface area contributed by atoms with Gasteiger partial charge in [-0.2, -0.15) is 0 Å². The van der Waals surface area contributed by atoms with Crippen LogP contribution in [0, 0.1) is 16.7 Å². The number of thiocarbonyl (C=S) groups is 1. The van der Waals surface area contributed by atoms with Crippen LogP contribution < -0.4 is 27.0 Å². The van der Waals surface area contributed by atoms with Gasteiger partial charge in [-0.15, -0.1) is 0 Å². The molecule has 0 fully saturated rings. The van der Waals surface area contributed by atoms with Crippen LogP contribution in [0.15, 0.2) is 0 Å². The zero-order valence-electron chi connectivity index (χ0n) is 23.2. The molecule has 10 nitrogen and oxygen atoms in total. The molecule has 0 aliphatic rings. The van der Waals surface area contributed by atoms with E-state index < -0.39 is 23.5 Å². The number of Topliss-reactive ketones (excluding diaryl/α,β-unsaturated/α-hetero) is 2. The topological polar surface area (TPSA) is 152 Å². The highest BCUT2D eigenvalue weighted by Gasteiger charge is 2.33. The van der Waals surface area contributed by atoms with E-state index >= 15 is 0 Å². The van der Waals surface area contributed by atoms with Gasteiger partial charge in [0.1, 0.15) is 11.8 Å². The third-order valence-corrected chi connectivity index (χ3v) is 5.68. The first-order chi connectivity index (χ1) is 16.5. The van der Waals surface area contributed by atoms with Crippen molar-refractivity contribution in [3.8, 4) is 0 Å². The van der Waals surface area contributed by atoms with Crippen molar-refractivity contribution in [3.63, 3.8) is 0 Å². The standard InChI is InChI=1S/C25H47N5O5S/c1-16(2)19(30-23(36)28-13-15-35-14-11-18(31)24(3,4)5)21(33)29-17(20(32)25(6,7)8)10-9-12-27-22(26)34/h16-17,19H,9-15H2,1-8H3,(H,29,33)(H3,26,27,34)(H2,28,30,36)/t17-,19-/m0/s1. The lowest BCUT2D eigenvalue weighted by atomic mass is 9.84. The molecule has 3 amide bonds. The van der Waals surface area contributed by atoms with Gasteiger partial charge < -0.3 is 31.7 Å². The molecule has 0 saturated carbocycles. The molecule has 2 atom stereocenters. The Labute approximate surface area is 221 Å². The highest BCUT2D eigenvalue weighted by molar-refractivity contribution is 7.80. The number of ether oxygens (including phenoxy) is 1. The van der Waals surface area contributed by atoms with Crippen LogP contribution >= 0.6 is 12.2 Å². The maximum Gasteiger partial charge on any atom is 0.312 e. The number of rotatable bonds is 15. The third kappa shape index (κ3) is 14.3. The van der Waals surface area contributed by atoms with Gasteiger partial charge in [-0.3, -0.25) is 14.4 Å². The molecule has 0 aromatic rings. The van der Waals surface area contributed by atoms with E-state index in [9.17, 15) is 19.2 Å². The summed E-state index contributed by atoms with van der Waals surface area (Å²) in [6.07, 6.45) is 1.20. The summed E-state index contributed by atoms with van der Waals surface area (Å²) >= 11 is 5.34. The zero-order valence-corrected chi connectivity index (χ0v) is 24.0. The van der Waals surface area contributed by atoms with E-state index in [4.69, 9.17) is 22.7 Å². The normalized spacial score (nSPS) is 13.5. The summed E-state index contributed by atoms with van der Waals surface area (Å²) in [4.78, 5) is 48.9. The van der Waals surface area contributed by atoms with Gasteiger partial charge in [0, 0.05) is 30.3 Å². The van der Waals surface area contributed by atoms with Crippen molar-refractivity contribution in [2.75, 3.05) is 26.3 Å². The van der Waals surface area contributed by atoms with Crippen LogP contribution in [0.2, 0.25) is 0 Å². The SMILES string of the molecule is CC(C)[C@H](NC(=S)NCCOCCC(=O)C(C)(C)C)C(=O)N[C@@H](CCCNC(N)=O)C(=O)C(C)(C)C. The minimum Gasteiger partial charge on any atom is -0.379 e. The molecular weight excluding hydrogens is 482 g/mol. The molecule has 0 aromatic carbocycles. The second-order valence-corrected chi connectivity index (χ2v) is 11.7. The van der Waals surface area contributed by atoms with E-state index in [0.717, 1.165) is 0 Å². The lowest BCUT2D eigenvalue weighted by Crippen LogP contribution is -2.56. The summed E-state index contributed by atoms with van der Waals surface area (Å²) in [5.74, 6) is -0.395. The Morgan fingerprint density at radius 3 is 2.00 bits per heavy atom. The number of carbonyl (C=O) groups excluding carboxylic acids is 4. The lowest BCUT2D eigenvalue weighted by molar-refractivity contribution is -0.133. The molecule has 6 N–H and O–H groups in total. The molecule has 0 bridgehead atoms. The van der Waals surface area contributed by atoms with Gasteiger partial charge in [0.25, 0.3) is 0 Å². The molecule has 208 valence electrons. The molecule has 0 aliphatic carbocycles. The fourth-order valence-electron chi connectivity index (χ4n) is 3.18. The van der Waals surface area contributed by atoms with Crippen molar-refractivity contribution < 1.29 is 23.9 Å². The number of amides is 3. The first-order valence-corrected chi connectivity index (χ1v) is 12.9. The van der Waals surface area contributed by atoms with Crippen molar-refractivity contribution in [3.05, 3.63) is 0 Å². The van der Waals surface area contributed by atoms with Crippen LogP contribution in [0.3, 0.4) is 0 Å². The van der Waals surface area contributed by atoms with Gasteiger partial charge in [0.05, 0.1) is 19.3 Å². The summed E-state index contributed by atoms with van der Waals surface area (Å²) in [5, 5.41) is 11.7. The average molecular weight is 530 g/mol. The lowest BCUT2D eigenvalue weighted by Gasteiger charge is -2.29. The van der Waals surface area contributed by atoms with E-state index in [2.05, 4.69) is 21.3 Å². The molecule has 0 radical (unpaired) electrons. The zero-order chi connectivity index (χ0) is 28.1. The molecule has 0 heterocycles. The Kier molecular flexibility index (Phi) is 14.8. The smallest absolute Gasteiger partial charge is 0.312 e. The number of nitrogens with two attached hydrogens (primary N) is 1. The number of nitrogens with one attached hydrogen (secondary N) is 4. The number of primary amides is 1. The Morgan fingerprint density at radius 2 is 1.50 bits per heavy atom. The van der Waals surface area contributed by atoms with Crippen molar-refractivity contribution in [2.24, 2.45) is 22.5 Å². The molecule has 0 rings (SSSR count). The van der Waals surface area contributed by atoms with Crippen LogP contribution in [-0.4, -0.2) is 67.0 Å². The van der Waals surface area contributed by atoms with Gasteiger partial charge in [-0.1, -0.05) is 55.4 Å². The van der Waals surface area contributed by atoms with Crippen LogP contribution in [0.25, 0.3) is 0 Å². The molecular formula is C25H47N5O5S. The van der Waals surface area contributed by atoms with Crippen molar-refractivity contribution in [1.82, 2.24) is 21.3 Å². The van der Waals surface area contributed by atoms with Gasteiger partial charge in [0.15, 0.2) is 10.9 Å². The maximum absolute atomic E-state index is 13.1. The summed E-state index contributed by atoms with van der Waals surface area (Å²) < 4.78 is 5.50. The Balaban J connectivity index is 4.82. The Bertz CT molecular complexity index is 759. The molecule has 36 heavy (non-hydrogen) atoms. The first-order valence-electron chi connectivity index (χ1n) is 12.5. The van der Waals surface area contributed by atoms with Gasteiger partial charge in [-0.25, -0.2) is 4.79 Å². The molecule has 0 aromatic heterocycles.